The fraction of sp³-hybridized carbons (Fsp3) is 0.167. The number of imidazole rings is 1. The minimum atomic E-state index is -0.277. The van der Waals surface area contributed by atoms with Gasteiger partial charge in [-0.3, -0.25) is 0 Å². The van der Waals surface area contributed by atoms with E-state index in [-0.39, 0.29) is 11.8 Å². The number of rotatable bonds is 6. The number of allylic oxidation sites excluding steroid dienone is 2. The van der Waals surface area contributed by atoms with Crippen molar-refractivity contribution in [3.63, 3.8) is 0 Å². The van der Waals surface area contributed by atoms with Gasteiger partial charge in [-0.25, -0.2) is 14.2 Å². The van der Waals surface area contributed by atoms with E-state index in [2.05, 4.69) is 22.2 Å². The van der Waals surface area contributed by atoms with Gasteiger partial charge >= 0.3 is 6.03 Å². The smallest absolute Gasteiger partial charge is 0.319 e. The van der Waals surface area contributed by atoms with Crippen LogP contribution in [0.1, 0.15) is 24.2 Å². The first kappa shape index (κ1) is 19.6. The molecule has 2 aromatic carbocycles. The summed E-state index contributed by atoms with van der Waals surface area (Å²) in [6.07, 6.45) is 7.52. The Balaban J connectivity index is 1.58. The lowest BCUT2D eigenvalue weighted by Crippen LogP contribution is -2.30. The molecule has 30 heavy (non-hydrogen) atoms. The molecule has 4 rings (SSSR count). The highest BCUT2D eigenvalue weighted by atomic mass is 19.1. The number of hydrogen-bond donors (Lipinski definition) is 2. The van der Waals surface area contributed by atoms with E-state index in [1.54, 1.807) is 24.4 Å². The second kappa shape index (κ2) is 8.37. The maximum atomic E-state index is 13.2. The first-order valence-corrected chi connectivity index (χ1v) is 9.83. The number of amides is 2. The SMILES string of the molecule is C=C/C(=C\c1ncc(-c2cccc(NC(=O)NC3CC3)c2)n1C)c1ccc(F)cc1. The third kappa shape index (κ3) is 4.49. The summed E-state index contributed by atoms with van der Waals surface area (Å²) in [6, 6.07) is 14.1. The minimum Gasteiger partial charge on any atom is -0.335 e. The van der Waals surface area contributed by atoms with Gasteiger partial charge in [0, 0.05) is 24.3 Å². The highest BCUT2D eigenvalue weighted by Gasteiger charge is 2.23. The molecule has 1 saturated carbocycles. The summed E-state index contributed by atoms with van der Waals surface area (Å²) in [6.45, 7) is 3.87. The largest absolute Gasteiger partial charge is 0.335 e. The van der Waals surface area contributed by atoms with Crippen LogP contribution in [0.15, 0.2) is 67.4 Å². The molecule has 2 amide bonds. The molecule has 0 radical (unpaired) electrons. The number of nitrogens with zero attached hydrogens (tertiary/aromatic N) is 2. The van der Waals surface area contributed by atoms with Crippen LogP contribution in [0.25, 0.3) is 22.9 Å². The van der Waals surface area contributed by atoms with E-state index in [0.29, 0.717) is 6.04 Å². The first-order valence-electron chi connectivity index (χ1n) is 9.83. The Kier molecular flexibility index (Phi) is 5.48. The molecule has 0 atom stereocenters. The lowest BCUT2D eigenvalue weighted by molar-refractivity contribution is 0.251. The Bertz CT molecular complexity index is 1110. The van der Waals surface area contributed by atoms with E-state index in [1.165, 1.54) is 12.1 Å². The molecule has 1 fully saturated rings. The average Bonchev–Trinajstić information content (AvgIpc) is 3.47. The predicted molar refractivity (Wildman–Crippen MR) is 118 cm³/mol. The highest BCUT2D eigenvalue weighted by molar-refractivity contribution is 5.90. The van der Waals surface area contributed by atoms with E-state index in [4.69, 9.17) is 0 Å². The number of benzene rings is 2. The standard InChI is InChI=1S/C24H23FN4O/c1-3-16(17-7-9-19(25)10-8-17)14-23-26-15-22(29(23)2)18-5-4-6-21(13-18)28-24(30)27-20-11-12-20/h3-10,13-15,20H,1,11-12H2,2H3,(H2,27,28,30)/b16-14+. The number of urea groups is 1. The van der Waals surface area contributed by atoms with Gasteiger partial charge < -0.3 is 15.2 Å². The zero-order valence-electron chi connectivity index (χ0n) is 16.7. The fourth-order valence-electron chi connectivity index (χ4n) is 3.20. The van der Waals surface area contributed by atoms with E-state index in [9.17, 15) is 9.18 Å². The summed E-state index contributed by atoms with van der Waals surface area (Å²) in [7, 11) is 1.93. The van der Waals surface area contributed by atoms with Crippen LogP contribution in [0, 0.1) is 5.82 Å². The monoisotopic (exact) mass is 402 g/mol. The average molecular weight is 402 g/mol. The molecule has 1 aliphatic carbocycles. The Morgan fingerprint density at radius 3 is 2.70 bits per heavy atom. The Hall–Kier alpha value is -3.67. The second-order valence-electron chi connectivity index (χ2n) is 7.32. The zero-order chi connectivity index (χ0) is 21.1. The molecule has 3 aromatic rings. The van der Waals surface area contributed by atoms with Crippen LogP contribution >= 0.6 is 0 Å². The molecule has 0 bridgehead atoms. The molecule has 1 aromatic heterocycles. The lowest BCUT2D eigenvalue weighted by atomic mass is 10.1. The molecular weight excluding hydrogens is 379 g/mol. The molecule has 0 spiro atoms. The molecule has 1 heterocycles. The first-order chi connectivity index (χ1) is 14.5. The maximum Gasteiger partial charge on any atom is 0.319 e. The topological polar surface area (TPSA) is 59.0 Å². The van der Waals surface area contributed by atoms with Crippen LogP contribution in [0.2, 0.25) is 0 Å². The van der Waals surface area contributed by atoms with Gasteiger partial charge in [0.1, 0.15) is 11.6 Å². The molecule has 1 aliphatic rings. The summed E-state index contributed by atoms with van der Waals surface area (Å²) in [5.74, 6) is 0.467. The summed E-state index contributed by atoms with van der Waals surface area (Å²) in [5.41, 5.74) is 4.29. The van der Waals surface area contributed by atoms with Crippen LogP contribution in [0.3, 0.4) is 0 Å². The summed E-state index contributed by atoms with van der Waals surface area (Å²) >= 11 is 0. The summed E-state index contributed by atoms with van der Waals surface area (Å²) < 4.78 is 15.2. The van der Waals surface area contributed by atoms with Crippen LogP contribution in [0.4, 0.5) is 14.9 Å². The number of carbonyl (C=O) groups excluding carboxylic acids is 1. The van der Waals surface area contributed by atoms with Crippen molar-refractivity contribution < 1.29 is 9.18 Å². The fourth-order valence-corrected chi connectivity index (χ4v) is 3.20. The third-order valence-electron chi connectivity index (χ3n) is 5.03. The van der Waals surface area contributed by atoms with Crippen molar-refractivity contribution in [2.75, 3.05) is 5.32 Å². The molecule has 0 unspecified atom stereocenters. The maximum absolute atomic E-state index is 13.2. The number of anilines is 1. The van der Waals surface area contributed by atoms with Gasteiger partial charge in [-0.1, -0.05) is 36.9 Å². The van der Waals surface area contributed by atoms with E-state index < -0.39 is 0 Å². The van der Waals surface area contributed by atoms with Gasteiger partial charge in [-0.15, -0.1) is 0 Å². The molecule has 6 heteroatoms. The third-order valence-corrected chi connectivity index (χ3v) is 5.03. The van der Waals surface area contributed by atoms with Crippen LogP contribution < -0.4 is 10.6 Å². The van der Waals surface area contributed by atoms with E-state index >= 15 is 0 Å². The number of hydrogen-bond acceptors (Lipinski definition) is 2. The Morgan fingerprint density at radius 2 is 2.00 bits per heavy atom. The number of carbonyl (C=O) groups is 1. The number of nitrogens with one attached hydrogen (secondary N) is 2. The Morgan fingerprint density at radius 1 is 1.23 bits per heavy atom. The van der Waals surface area contributed by atoms with Gasteiger partial charge in [-0.2, -0.15) is 0 Å². The molecule has 2 N–H and O–H groups in total. The quantitative estimate of drug-likeness (QED) is 0.554. The predicted octanol–water partition coefficient (Wildman–Crippen LogP) is 5.24. The van der Waals surface area contributed by atoms with Gasteiger partial charge in [0.2, 0.25) is 0 Å². The van der Waals surface area contributed by atoms with Crippen molar-refractivity contribution in [1.82, 2.24) is 14.9 Å². The van der Waals surface area contributed by atoms with Crippen molar-refractivity contribution in [2.45, 2.75) is 18.9 Å². The van der Waals surface area contributed by atoms with Gasteiger partial charge in [0.05, 0.1) is 11.9 Å². The lowest BCUT2D eigenvalue weighted by Gasteiger charge is -2.09. The molecule has 152 valence electrons. The van der Waals surface area contributed by atoms with E-state index in [0.717, 1.165) is 46.7 Å². The summed E-state index contributed by atoms with van der Waals surface area (Å²) in [5, 5.41) is 5.80. The van der Waals surface area contributed by atoms with Crippen molar-refractivity contribution in [2.24, 2.45) is 7.05 Å². The molecule has 0 saturated heterocycles. The van der Waals surface area contributed by atoms with Crippen molar-refractivity contribution in [3.05, 3.63) is 84.6 Å². The van der Waals surface area contributed by atoms with Crippen LogP contribution in [-0.4, -0.2) is 21.6 Å². The number of halogens is 1. The Labute approximate surface area is 175 Å². The van der Waals surface area contributed by atoms with Crippen LogP contribution in [0.5, 0.6) is 0 Å². The minimum absolute atomic E-state index is 0.182. The second-order valence-corrected chi connectivity index (χ2v) is 7.32. The zero-order valence-corrected chi connectivity index (χ0v) is 16.7. The van der Waals surface area contributed by atoms with Gasteiger partial charge in [0.15, 0.2) is 0 Å². The highest BCUT2D eigenvalue weighted by Crippen LogP contribution is 2.26. The van der Waals surface area contributed by atoms with Crippen LogP contribution in [-0.2, 0) is 7.05 Å². The normalized spacial score (nSPS) is 13.7. The molecular formula is C24H23FN4O. The van der Waals surface area contributed by atoms with E-state index in [1.807, 2.05) is 42.0 Å². The summed E-state index contributed by atoms with van der Waals surface area (Å²) in [4.78, 5) is 16.5. The molecule has 5 nitrogen and oxygen atoms in total. The van der Waals surface area contributed by atoms with Crippen molar-refractivity contribution >= 4 is 23.4 Å². The number of aromatic nitrogens is 2. The van der Waals surface area contributed by atoms with Crippen molar-refractivity contribution in [3.8, 4) is 11.3 Å². The van der Waals surface area contributed by atoms with Crippen molar-refractivity contribution in [1.29, 1.82) is 0 Å². The van der Waals surface area contributed by atoms with Gasteiger partial charge in [-0.05, 0) is 54.3 Å². The van der Waals surface area contributed by atoms with Gasteiger partial charge in [0.25, 0.3) is 0 Å². The molecule has 0 aliphatic heterocycles.